The van der Waals surface area contributed by atoms with Crippen LogP contribution in [-0.4, -0.2) is 38.5 Å². The van der Waals surface area contributed by atoms with Gasteiger partial charge in [-0.05, 0) is 19.8 Å². The predicted molar refractivity (Wildman–Crippen MR) is 58.2 cm³/mol. The van der Waals surface area contributed by atoms with Gasteiger partial charge in [0.15, 0.2) is 0 Å². The van der Waals surface area contributed by atoms with Gasteiger partial charge in [0.05, 0.1) is 12.4 Å². The van der Waals surface area contributed by atoms with Gasteiger partial charge in [-0.25, -0.2) is 8.42 Å². The van der Waals surface area contributed by atoms with Gasteiger partial charge >= 0.3 is 5.97 Å². The van der Waals surface area contributed by atoms with E-state index in [1.54, 1.807) is 13.8 Å². The van der Waals surface area contributed by atoms with Crippen molar-refractivity contribution in [3.05, 3.63) is 0 Å². The van der Waals surface area contributed by atoms with Gasteiger partial charge in [0.1, 0.15) is 15.9 Å². The zero-order valence-electron chi connectivity index (χ0n) is 9.23. The molecule has 0 aliphatic rings. The molecule has 0 aliphatic heterocycles. The predicted octanol–water partition coefficient (Wildman–Crippen LogP) is 0.0917. The Bertz CT molecular complexity index is 286. The molecule has 0 saturated carbocycles. The molecule has 0 aromatic carbocycles. The van der Waals surface area contributed by atoms with E-state index in [4.69, 9.17) is 10.5 Å². The molecule has 0 spiro atoms. The second-order valence-corrected chi connectivity index (χ2v) is 5.71. The Morgan fingerprint density at radius 3 is 2.47 bits per heavy atom. The number of hydrogen-bond acceptors (Lipinski definition) is 5. The zero-order valence-corrected chi connectivity index (χ0v) is 10.0. The molecular formula is C9H19NO4S. The highest BCUT2D eigenvalue weighted by Gasteiger charge is 2.15. The average molecular weight is 237 g/mol. The monoisotopic (exact) mass is 237 g/mol. The number of esters is 1. The van der Waals surface area contributed by atoms with Gasteiger partial charge in [-0.15, -0.1) is 0 Å². The third-order valence-electron chi connectivity index (χ3n) is 2.00. The fourth-order valence-electron chi connectivity index (χ4n) is 1.03. The van der Waals surface area contributed by atoms with Gasteiger partial charge in [-0.1, -0.05) is 6.92 Å². The minimum absolute atomic E-state index is 0.0800. The van der Waals surface area contributed by atoms with Gasteiger partial charge in [0.25, 0.3) is 0 Å². The van der Waals surface area contributed by atoms with E-state index in [0.29, 0.717) is 19.4 Å². The Balaban J connectivity index is 3.82. The number of nitrogens with two attached hydrogens (primary N) is 1. The van der Waals surface area contributed by atoms with Gasteiger partial charge in [-0.3, -0.25) is 4.79 Å². The van der Waals surface area contributed by atoms with Crippen molar-refractivity contribution in [2.24, 2.45) is 5.73 Å². The first-order chi connectivity index (χ1) is 6.93. The van der Waals surface area contributed by atoms with Gasteiger partial charge < -0.3 is 10.5 Å². The van der Waals surface area contributed by atoms with Crippen LogP contribution in [0.3, 0.4) is 0 Å². The van der Waals surface area contributed by atoms with Gasteiger partial charge in [-0.2, -0.15) is 0 Å². The second kappa shape index (κ2) is 6.79. The van der Waals surface area contributed by atoms with Crippen LogP contribution in [0.5, 0.6) is 0 Å². The first kappa shape index (κ1) is 14.4. The van der Waals surface area contributed by atoms with E-state index in [2.05, 4.69) is 0 Å². The summed E-state index contributed by atoms with van der Waals surface area (Å²) in [5.74, 6) is -0.260. The molecule has 0 radical (unpaired) electrons. The van der Waals surface area contributed by atoms with Crippen LogP contribution in [-0.2, 0) is 19.4 Å². The highest BCUT2D eigenvalue weighted by molar-refractivity contribution is 7.91. The smallest absolute Gasteiger partial charge is 0.322 e. The summed E-state index contributed by atoms with van der Waals surface area (Å²) < 4.78 is 26.9. The van der Waals surface area contributed by atoms with E-state index in [9.17, 15) is 13.2 Å². The van der Waals surface area contributed by atoms with Crippen molar-refractivity contribution in [1.29, 1.82) is 0 Å². The maximum atomic E-state index is 11.1. The van der Waals surface area contributed by atoms with Gasteiger partial charge in [0.2, 0.25) is 0 Å². The molecule has 0 saturated heterocycles. The highest BCUT2D eigenvalue weighted by Crippen LogP contribution is 2.01. The molecule has 0 aliphatic carbocycles. The molecule has 6 heteroatoms. The maximum Gasteiger partial charge on any atom is 0.322 e. The van der Waals surface area contributed by atoms with E-state index in [1.807, 2.05) is 0 Å². The maximum absolute atomic E-state index is 11.1. The van der Waals surface area contributed by atoms with E-state index in [0.717, 1.165) is 0 Å². The Hall–Kier alpha value is -0.620. The number of carbonyl (C=O) groups excluding carboxylic acids is 1. The molecule has 0 amide bonds. The fourth-order valence-corrected chi connectivity index (χ4v) is 1.93. The van der Waals surface area contributed by atoms with Crippen LogP contribution in [0.25, 0.3) is 0 Å². The van der Waals surface area contributed by atoms with E-state index in [-0.39, 0.29) is 11.5 Å². The number of rotatable bonds is 7. The average Bonchev–Trinajstić information content (AvgIpc) is 2.18. The van der Waals surface area contributed by atoms with Crippen molar-refractivity contribution in [2.45, 2.75) is 32.7 Å². The van der Waals surface area contributed by atoms with Crippen LogP contribution in [0.15, 0.2) is 0 Å². The fraction of sp³-hybridized carbons (Fsp3) is 0.889. The molecule has 0 aromatic rings. The quantitative estimate of drug-likeness (QED) is 0.634. The molecule has 0 bridgehead atoms. The number of sulfone groups is 1. The lowest BCUT2D eigenvalue weighted by Gasteiger charge is -2.09. The molecule has 1 atom stereocenters. The third-order valence-corrected chi connectivity index (χ3v) is 3.79. The summed E-state index contributed by atoms with van der Waals surface area (Å²) in [4.78, 5) is 11.1. The first-order valence-electron chi connectivity index (χ1n) is 5.05. The number of hydrogen-bond donors (Lipinski definition) is 1. The Morgan fingerprint density at radius 1 is 1.40 bits per heavy atom. The largest absolute Gasteiger partial charge is 0.465 e. The van der Waals surface area contributed by atoms with E-state index in [1.165, 1.54) is 0 Å². The summed E-state index contributed by atoms with van der Waals surface area (Å²) in [7, 11) is -2.96. The molecule has 2 N–H and O–H groups in total. The van der Waals surface area contributed by atoms with Gasteiger partial charge in [0, 0.05) is 5.75 Å². The molecule has 0 rings (SSSR count). The molecule has 90 valence electrons. The normalized spacial score (nSPS) is 13.5. The Morgan fingerprint density at radius 2 is 2.00 bits per heavy atom. The summed E-state index contributed by atoms with van der Waals surface area (Å²) >= 11 is 0. The Labute approximate surface area is 90.9 Å². The SMILES string of the molecule is CCOC(=O)C(N)CCCS(=O)(=O)CC. The lowest BCUT2D eigenvalue weighted by Crippen LogP contribution is -2.32. The second-order valence-electron chi connectivity index (χ2n) is 3.24. The summed E-state index contributed by atoms with van der Waals surface area (Å²) in [5, 5.41) is 0. The van der Waals surface area contributed by atoms with Crippen LogP contribution in [0.4, 0.5) is 0 Å². The minimum Gasteiger partial charge on any atom is -0.465 e. The minimum atomic E-state index is -2.96. The molecular weight excluding hydrogens is 218 g/mol. The van der Waals surface area contributed by atoms with Crippen molar-refractivity contribution in [3.63, 3.8) is 0 Å². The Kier molecular flexibility index (Phi) is 6.51. The van der Waals surface area contributed by atoms with E-state index >= 15 is 0 Å². The van der Waals surface area contributed by atoms with Crippen LogP contribution in [0, 0.1) is 0 Å². The molecule has 0 heterocycles. The third kappa shape index (κ3) is 6.46. The van der Waals surface area contributed by atoms with Crippen molar-refractivity contribution in [3.8, 4) is 0 Å². The van der Waals surface area contributed by atoms with Crippen molar-refractivity contribution >= 4 is 15.8 Å². The highest BCUT2D eigenvalue weighted by atomic mass is 32.2. The molecule has 1 unspecified atom stereocenters. The summed E-state index contributed by atoms with van der Waals surface area (Å²) in [6, 6.07) is -0.711. The number of ether oxygens (including phenoxy) is 1. The van der Waals surface area contributed by atoms with E-state index < -0.39 is 21.8 Å². The van der Waals surface area contributed by atoms with Crippen molar-refractivity contribution in [2.75, 3.05) is 18.1 Å². The van der Waals surface area contributed by atoms with Crippen molar-refractivity contribution < 1.29 is 17.9 Å². The van der Waals surface area contributed by atoms with Crippen LogP contribution in [0.2, 0.25) is 0 Å². The standard InChI is InChI=1S/C9H19NO4S/c1-3-14-9(11)8(10)6-5-7-15(12,13)4-2/h8H,3-7,10H2,1-2H3. The molecule has 5 nitrogen and oxygen atoms in total. The summed E-state index contributed by atoms with van der Waals surface area (Å²) in [5.41, 5.74) is 5.50. The lowest BCUT2D eigenvalue weighted by molar-refractivity contribution is -0.144. The number of carbonyl (C=O) groups is 1. The lowest BCUT2D eigenvalue weighted by atomic mass is 10.2. The summed E-state index contributed by atoms with van der Waals surface area (Å²) in [6.07, 6.45) is 0.744. The van der Waals surface area contributed by atoms with Crippen LogP contribution >= 0.6 is 0 Å². The molecule has 0 fully saturated rings. The zero-order chi connectivity index (χ0) is 11.9. The summed E-state index contributed by atoms with van der Waals surface area (Å²) in [6.45, 7) is 3.59. The molecule has 15 heavy (non-hydrogen) atoms. The first-order valence-corrected chi connectivity index (χ1v) is 6.87. The van der Waals surface area contributed by atoms with Crippen LogP contribution < -0.4 is 5.73 Å². The van der Waals surface area contributed by atoms with Crippen molar-refractivity contribution in [1.82, 2.24) is 0 Å². The van der Waals surface area contributed by atoms with Crippen LogP contribution in [0.1, 0.15) is 26.7 Å². The molecule has 0 aromatic heterocycles. The topological polar surface area (TPSA) is 86.5 Å².